The normalized spacial score (nSPS) is 20.9. The zero-order chi connectivity index (χ0) is 25.3. The van der Waals surface area contributed by atoms with Crippen molar-refractivity contribution in [2.45, 2.75) is 76.1 Å². The van der Waals surface area contributed by atoms with Crippen LogP contribution in [0.1, 0.15) is 74.2 Å². The lowest BCUT2D eigenvalue weighted by molar-refractivity contribution is -0.192. The summed E-state index contributed by atoms with van der Waals surface area (Å²) >= 11 is 6.43. The number of halogens is 4. The molecule has 2 aliphatic carbocycles. The predicted molar refractivity (Wildman–Crippen MR) is 122 cm³/mol. The van der Waals surface area contributed by atoms with Crippen molar-refractivity contribution < 1.29 is 33.0 Å². The van der Waals surface area contributed by atoms with Crippen molar-refractivity contribution in [2.24, 2.45) is 5.92 Å². The van der Waals surface area contributed by atoms with Gasteiger partial charge >= 0.3 is 12.1 Å². The molecule has 2 aliphatic rings. The fourth-order valence-electron chi connectivity index (χ4n) is 4.21. The Morgan fingerprint density at radius 2 is 1.65 bits per heavy atom. The van der Waals surface area contributed by atoms with Crippen molar-refractivity contribution in [3.63, 3.8) is 0 Å². The zero-order valence-corrected chi connectivity index (χ0v) is 19.7. The summed E-state index contributed by atoms with van der Waals surface area (Å²) in [5.41, 5.74) is 2.00. The van der Waals surface area contributed by atoms with Gasteiger partial charge in [0.05, 0.1) is 16.7 Å². The van der Waals surface area contributed by atoms with Crippen molar-refractivity contribution in [2.75, 3.05) is 0 Å². The topological polar surface area (TPSA) is 99.5 Å². The number of benzene rings is 1. The molecule has 34 heavy (non-hydrogen) atoms. The lowest BCUT2D eigenvalue weighted by Crippen LogP contribution is -2.41. The van der Waals surface area contributed by atoms with Gasteiger partial charge in [0.25, 0.3) is 5.91 Å². The Hall–Kier alpha value is -2.39. The maximum atomic E-state index is 12.7. The summed E-state index contributed by atoms with van der Waals surface area (Å²) in [5, 5.41) is 22.1. The van der Waals surface area contributed by atoms with E-state index in [9.17, 15) is 23.1 Å². The molecule has 0 spiro atoms. The predicted octanol–water partition coefficient (Wildman–Crippen LogP) is 5.46. The number of hydrogen-bond acceptors (Lipinski definition) is 4. The number of amides is 1. The summed E-state index contributed by atoms with van der Waals surface area (Å²) in [6, 6.07) is 6.04. The van der Waals surface area contributed by atoms with Crippen LogP contribution in [0, 0.1) is 5.92 Å². The van der Waals surface area contributed by atoms with Crippen LogP contribution in [0.5, 0.6) is 0 Å². The van der Waals surface area contributed by atoms with Crippen molar-refractivity contribution in [3.05, 3.63) is 40.5 Å². The molecule has 2 fully saturated rings. The van der Waals surface area contributed by atoms with E-state index < -0.39 is 17.7 Å². The molecular weight excluding hydrogens is 473 g/mol. The van der Waals surface area contributed by atoms with Crippen molar-refractivity contribution in [3.8, 4) is 0 Å². The van der Waals surface area contributed by atoms with Gasteiger partial charge in [0.2, 0.25) is 0 Å². The molecule has 10 heteroatoms. The minimum atomic E-state index is -5.08. The Morgan fingerprint density at radius 3 is 2.15 bits per heavy atom. The second-order valence-electron chi connectivity index (χ2n) is 9.54. The van der Waals surface area contributed by atoms with Gasteiger partial charge in [0.1, 0.15) is 0 Å². The van der Waals surface area contributed by atoms with Crippen LogP contribution in [0.3, 0.4) is 0 Å². The number of nitrogens with zero attached hydrogens (tertiary/aromatic N) is 1. The molecule has 1 aromatic carbocycles. The molecule has 3 N–H and O–H groups in total. The number of aliphatic carboxylic acids is 1. The van der Waals surface area contributed by atoms with Gasteiger partial charge in [-0.3, -0.25) is 9.78 Å². The largest absolute Gasteiger partial charge is 0.490 e. The van der Waals surface area contributed by atoms with Crippen LogP contribution in [-0.2, 0) is 4.79 Å². The second kappa shape index (κ2) is 10.1. The number of carbonyl (C=O) groups is 2. The number of carbonyl (C=O) groups excluding carboxylic acids is 1. The van der Waals surface area contributed by atoms with Gasteiger partial charge in [-0.25, -0.2) is 4.79 Å². The van der Waals surface area contributed by atoms with Gasteiger partial charge in [-0.15, -0.1) is 0 Å². The average molecular weight is 501 g/mol. The zero-order valence-electron chi connectivity index (χ0n) is 19.0. The third-order valence-corrected chi connectivity index (χ3v) is 6.71. The van der Waals surface area contributed by atoms with E-state index in [1.54, 1.807) is 6.20 Å². The van der Waals surface area contributed by atoms with Crippen LogP contribution < -0.4 is 5.32 Å². The van der Waals surface area contributed by atoms with Crippen molar-refractivity contribution in [1.82, 2.24) is 10.3 Å². The second-order valence-corrected chi connectivity index (χ2v) is 9.95. The molecule has 1 aromatic heterocycles. The maximum absolute atomic E-state index is 12.7. The number of aliphatic hydroxyl groups is 1. The van der Waals surface area contributed by atoms with E-state index in [-0.39, 0.29) is 11.9 Å². The summed E-state index contributed by atoms with van der Waals surface area (Å²) in [5.74, 6) is -1.97. The quantitative estimate of drug-likeness (QED) is 0.518. The Labute approximate surface area is 200 Å². The van der Waals surface area contributed by atoms with Crippen LogP contribution in [-0.4, -0.2) is 44.9 Å². The Kier molecular flexibility index (Phi) is 7.77. The Morgan fingerprint density at radius 1 is 1.06 bits per heavy atom. The van der Waals surface area contributed by atoms with Gasteiger partial charge in [-0.1, -0.05) is 11.6 Å². The molecule has 1 amide bonds. The molecule has 0 atom stereocenters. The van der Waals surface area contributed by atoms with Crippen LogP contribution in [0.4, 0.5) is 13.2 Å². The molecule has 0 radical (unpaired) electrons. The summed E-state index contributed by atoms with van der Waals surface area (Å²) in [6.07, 6.45) is 2.64. The van der Waals surface area contributed by atoms with E-state index in [1.807, 2.05) is 26.0 Å². The monoisotopic (exact) mass is 500 g/mol. The smallest absolute Gasteiger partial charge is 0.475 e. The summed E-state index contributed by atoms with van der Waals surface area (Å²) in [7, 11) is 0. The first kappa shape index (κ1) is 26.2. The highest BCUT2D eigenvalue weighted by Gasteiger charge is 2.38. The first-order chi connectivity index (χ1) is 15.8. The Bertz CT molecular complexity index is 1060. The number of nitrogens with one attached hydrogen (secondary N) is 1. The molecule has 6 nitrogen and oxygen atoms in total. The van der Waals surface area contributed by atoms with E-state index in [2.05, 4.69) is 16.4 Å². The molecule has 4 rings (SSSR count). The average Bonchev–Trinajstić information content (AvgIpc) is 3.57. The number of rotatable bonds is 4. The summed E-state index contributed by atoms with van der Waals surface area (Å²) in [6.45, 7) is 3.74. The van der Waals surface area contributed by atoms with Crippen LogP contribution in [0.25, 0.3) is 10.9 Å². The van der Waals surface area contributed by atoms with E-state index in [0.29, 0.717) is 17.4 Å². The first-order valence-electron chi connectivity index (χ1n) is 11.2. The van der Waals surface area contributed by atoms with E-state index in [0.717, 1.165) is 41.6 Å². The fraction of sp³-hybridized carbons (Fsp3) is 0.542. The fourth-order valence-corrected chi connectivity index (χ4v) is 4.54. The number of hydrogen-bond donors (Lipinski definition) is 3. The summed E-state index contributed by atoms with van der Waals surface area (Å²) < 4.78 is 31.7. The molecule has 0 bridgehead atoms. The number of pyridine rings is 1. The van der Waals surface area contributed by atoms with Gasteiger partial charge < -0.3 is 15.5 Å². The standard InChI is InChI=1S/C22H27ClN2O2.C2HF3O2/c1-22(2,27)16-5-7-17(8-6-16)25-21(26)15-9-14-10-19(23)18(13-3-4-13)11-20(14)24-12-15;3-2(4,5)1(6)7/h9-13,16-17,27H,3-8H2,1-2H3,(H,25,26);(H,6,7). The third-order valence-electron chi connectivity index (χ3n) is 6.38. The van der Waals surface area contributed by atoms with E-state index in [4.69, 9.17) is 21.5 Å². The molecule has 2 aromatic rings. The van der Waals surface area contributed by atoms with Gasteiger partial charge in [-0.05, 0) is 88.0 Å². The van der Waals surface area contributed by atoms with Crippen molar-refractivity contribution in [1.29, 1.82) is 0 Å². The minimum absolute atomic E-state index is 0.0847. The van der Waals surface area contributed by atoms with Crippen molar-refractivity contribution >= 4 is 34.4 Å². The van der Waals surface area contributed by atoms with Crippen LogP contribution in [0.15, 0.2) is 24.4 Å². The Balaban J connectivity index is 0.000000406. The SMILES string of the molecule is CC(C)(O)C1CCC(NC(=O)c2cnc3cc(C4CC4)c(Cl)cc3c2)CC1.O=C(O)C(F)(F)F. The highest BCUT2D eigenvalue weighted by molar-refractivity contribution is 6.32. The lowest BCUT2D eigenvalue weighted by Gasteiger charge is -2.36. The first-order valence-corrected chi connectivity index (χ1v) is 11.6. The molecule has 2 saturated carbocycles. The third kappa shape index (κ3) is 6.82. The van der Waals surface area contributed by atoms with Gasteiger partial charge in [0.15, 0.2) is 0 Å². The van der Waals surface area contributed by atoms with Crippen LogP contribution in [0.2, 0.25) is 5.02 Å². The van der Waals surface area contributed by atoms with E-state index in [1.165, 1.54) is 18.4 Å². The highest BCUT2D eigenvalue weighted by Crippen LogP contribution is 2.44. The molecule has 1 heterocycles. The highest BCUT2D eigenvalue weighted by atomic mass is 35.5. The lowest BCUT2D eigenvalue weighted by atomic mass is 9.77. The number of aromatic nitrogens is 1. The maximum Gasteiger partial charge on any atom is 0.490 e. The number of carboxylic acids is 1. The van der Waals surface area contributed by atoms with Crippen LogP contribution >= 0.6 is 11.6 Å². The summed E-state index contributed by atoms with van der Waals surface area (Å²) in [4.78, 5) is 26.1. The number of carboxylic acid groups (broad SMARTS) is 1. The van der Waals surface area contributed by atoms with Gasteiger partial charge in [0, 0.05) is 22.6 Å². The molecule has 0 saturated heterocycles. The molecular formula is C24H28ClF3N2O4. The molecule has 0 unspecified atom stereocenters. The van der Waals surface area contributed by atoms with E-state index >= 15 is 0 Å². The minimum Gasteiger partial charge on any atom is -0.475 e. The number of alkyl halides is 3. The molecule has 186 valence electrons. The molecule has 0 aliphatic heterocycles. The number of fused-ring (bicyclic) bond motifs is 1. The van der Waals surface area contributed by atoms with Gasteiger partial charge in [-0.2, -0.15) is 13.2 Å².